The van der Waals surface area contributed by atoms with Gasteiger partial charge in [0.1, 0.15) is 17.2 Å². The molecule has 3 aromatic rings. The third kappa shape index (κ3) is 7.94. The number of nitrogens with zero attached hydrogens (tertiary/aromatic N) is 1. The molecule has 3 rings (SSSR count). The molecule has 0 amide bonds. The lowest BCUT2D eigenvalue weighted by molar-refractivity contribution is -0.145. The highest BCUT2D eigenvalue weighted by Crippen LogP contribution is 2.52. The van der Waals surface area contributed by atoms with Gasteiger partial charge in [0, 0.05) is 10.6 Å². The van der Waals surface area contributed by atoms with Gasteiger partial charge >= 0.3 is 13.6 Å². The molecule has 0 aliphatic carbocycles. The summed E-state index contributed by atoms with van der Waals surface area (Å²) in [5, 5.41) is 4.33. The maximum Gasteiger partial charge on any atom is 0.383 e. The largest absolute Gasteiger partial charge is 0.482 e. The molecule has 0 aromatic heterocycles. The van der Waals surface area contributed by atoms with Crippen LogP contribution in [0, 0.1) is 0 Å². The Kier molecular flexibility index (Phi) is 9.87. The highest BCUT2D eigenvalue weighted by Gasteiger charge is 2.34. The van der Waals surface area contributed by atoms with E-state index >= 15 is 0 Å². The fourth-order valence-electron chi connectivity index (χ4n) is 2.90. The molecular formula is C25H25ClNO7P. The van der Waals surface area contributed by atoms with Gasteiger partial charge in [-0.2, -0.15) is 0 Å². The Morgan fingerprint density at radius 2 is 1.51 bits per heavy atom. The molecule has 3 aromatic carbocycles. The Morgan fingerprint density at radius 3 is 2.20 bits per heavy atom. The number of para-hydroxylation sites is 1. The van der Waals surface area contributed by atoms with Crippen LogP contribution in [0.25, 0.3) is 0 Å². The van der Waals surface area contributed by atoms with E-state index in [-0.39, 0.29) is 18.7 Å². The third-order valence-electron chi connectivity index (χ3n) is 4.32. The van der Waals surface area contributed by atoms with Gasteiger partial charge in [0.05, 0.1) is 13.2 Å². The van der Waals surface area contributed by atoms with Crippen molar-refractivity contribution in [3.63, 3.8) is 0 Å². The Labute approximate surface area is 208 Å². The Morgan fingerprint density at radius 1 is 0.857 bits per heavy atom. The molecule has 0 radical (unpaired) electrons. The Hall–Kier alpha value is -3.16. The van der Waals surface area contributed by atoms with E-state index in [0.29, 0.717) is 27.8 Å². The molecule has 0 saturated carbocycles. The van der Waals surface area contributed by atoms with Gasteiger partial charge in [-0.3, -0.25) is 4.57 Å². The molecule has 0 aliphatic heterocycles. The summed E-state index contributed by atoms with van der Waals surface area (Å²) in [4.78, 5) is 17.3. The molecule has 0 aliphatic rings. The van der Waals surface area contributed by atoms with Crippen LogP contribution in [0.2, 0.25) is 5.02 Å². The Bertz CT molecular complexity index is 1190. The SMILES string of the molecule is CCOP(=O)(OCC)C(=NOC(=O)COc1cccc(Cl)c1)c1cccc(Oc2ccccc2)c1. The maximum absolute atomic E-state index is 13.6. The van der Waals surface area contributed by atoms with Crippen molar-refractivity contribution in [2.75, 3.05) is 19.8 Å². The van der Waals surface area contributed by atoms with Crippen molar-refractivity contribution in [2.24, 2.45) is 5.16 Å². The zero-order chi connectivity index (χ0) is 25.1. The Balaban J connectivity index is 1.85. The van der Waals surface area contributed by atoms with E-state index in [1.165, 1.54) is 0 Å². The fraction of sp³-hybridized carbons (Fsp3) is 0.200. The van der Waals surface area contributed by atoms with Gasteiger partial charge in [0.25, 0.3) is 0 Å². The predicted molar refractivity (Wildman–Crippen MR) is 133 cm³/mol. The predicted octanol–water partition coefficient (Wildman–Crippen LogP) is 6.68. The lowest BCUT2D eigenvalue weighted by atomic mass is 10.2. The van der Waals surface area contributed by atoms with Crippen molar-refractivity contribution in [2.45, 2.75) is 13.8 Å². The van der Waals surface area contributed by atoms with Crippen molar-refractivity contribution in [3.8, 4) is 17.2 Å². The number of halogens is 1. The first-order chi connectivity index (χ1) is 16.9. The molecule has 0 N–H and O–H groups in total. The summed E-state index contributed by atoms with van der Waals surface area (Å²) >= 11 is 5.92. The van der Waals surface area contributed by atoms with Crippen LogP contribution < -0.4 is 9.47 Å². The highest BCUT2D eigenvalue weighted by atomic mass is 35.5. The quantitative estimate of drug-likeness (QED) is 0.114. The maximum atomic E-state index is 13.6. The molecule has 0 heterocycles. The van der Waals surface area contributed by atoms with Gasteiger partial charge in [0.2, 0.25) is 0 Å². The van der Waals surface area contributed by atoms with Crippen LogP contribution in [0.5, 0.6) is 17.2 Å². The summed E-state index contributed by atoms with van der Waals surface area (Å²) in [5.41, 5.74) is 0.169. The van der Waals surface area contributed by atoms with Crippen LogP contribution in [-0.2, 0) is 23.2 Å². The van der Waals surface area contributed by atoms with Crippen LogP contribution in [0.1, 0.15) is 19.4 Å². The van der Waals surface area contributed by atoms with Gasteiger partial charge in [-0.1, -0.05) is 53.2 Å². The lowest BCUT2D eigenvalue weighted by Gasteiger charge is -2.19. The molecule has 0 saturated heterocycles. The van der Waals surface area contributed by atoms with Gasteiger partial charge in [-0.25, -0.2) is 4.79 Å². The summed E-state index contributed by atoms with van der Waals surface area (Å²) in [6, 6.07) is 22.4. The van der Waals surface area contributed by atoms with Crippen molar-refractivity contribution in [1.82, 2.24) is 0 Å². The van der Waals surface area contributed by atoms with E-state index in [0.717, 1.165) is 0 Å². The first kappa shape index (κ1) is 26.4. The third-order valence-corrected chi connectivity index (χ3v) is 6.61. The number of oxime groups is 1. The van der Waals surface area contributed by atoms with Gasteiger partial charge in [-0.15, -0.1) is 0 Å². The average Bonchev–Trinajstić information content (AvgIpc) is 2.84. The molecule has 0 spiro atoms. The van der Waals surface area contributed by atoms with Crippen molar-refractivity contribution < 1.29 is 32.7 Å². The molecule has 184 valence electrons. The topological polar surface area (TPSA) is 92.7 Å². The number of carbonyl (C=O) groups is 1. The molecule has 0 unspecified atom stereocenters. The summed E-state index contributed by atoms with van der Waals surface area (Å²) < 4.78 is 35.7. The van der Waals surface area contributed by atoms with E-state index < -0.39 is 20.2 Å². The van der Waals surface area contributed by atoms with E-state index in [1.54, 1.807) is 74.5 Å². The molecule has 0 fully saturated rings. The van der Waals surface area contributed by atoms with Gasteiger partial charge < -0.3 is 23.4 Å². The number of hydrogen-bond acceptors (Lipinski definition) is 8. The minimum atomic E-state index is -3.93. The average molecular weight is 518 g/mol. The molecule has 10 heteroatoms. The van der Waals surface area contributed by atoms with Crippen molar-refractivity contribution in [1.29, 1.82) is 0 Å². The molecule has 8 nitrogen and oxygen atoms in total. The van der Waals surface area contributed by atoms with Crippen molar-refractivity contribution >= 4 is 30.6 Å². The summed E-state index contributed by atoms with van der Waals surface area (Å²) in [6.45, 7) is 3.07. The summed E-state index contributed by atoms with van der Waals surface area (Å²) in [7, 11) is -3.93. The smallest absolute Gasteiger partial charge is 0.383 e. The second-order valence-corrected chi connectivity index (χ2v) is 9.27. The zero-order valence-electron chi connectivity index (χ0n) is 19.3. The molecule has 35 heavy (non-hydrogen) atoms. The van der Waals surface area contributed by atoms with E-state index in [2.05, 4.69) is 5.16 Å². The van der Waals surface area contributed by atoms with Gasteiger partial charge in [0.15, 0.2) is 12.1 Å². The highest BCUT2D eigenvalue weighted by molar-refractivity contribution is 7.73. The standard InChI is InChI=1S/C25H25ClNO7P/c1-3-31-35(29,32-4-2)25(27-34-24(28)18-30-22-14-9-11-20(26)17-22)19-10-8-15-23(16-19)33-21-12-6-5-7-13-21/h5-17H,3-4,18H2,1-2H3. The summed E-state index contributed by atoms with van der Waals surface area (Å²) in [6.07, 6.45) is 0. The summed E-state index contributed by atoms with van der Waals surface area (Å²) in [5.74, 6) is 0.638. The zero-order valence-corrected chi connectivity index (χ0v) is 20.9. The van der Waals surface area contributed by atoms with E-state index in [1.807, 2.05) is 18.2 Å². The van der Waals surface area contributed by atoms with Crippen LogP contribution in [0.3, 0.4) is 0 Å². The van der Waals surface area contributed by atoms with Crippen LogP contribution in [0.15, 0.2) is 84.0 Å². The van der Waals surface area contributed by atoms with E-state index in [4.69, 9.17) is 35.0 Å². The minimum Gasteiger partial charge on any atom is -0.482 e. The first-order valence-electron chi connectivity index (χ1n) is 10.8. The first-order valence-corrected chi connectivity index (χ1v) is 12.7. The van der Waals surface area contributed by atoms with Gasteiger partial charge in [-0.05, 0) is 56.3 Å². The number of hydrogen-bond donors (Lipinski definition) is 0. The van der Waals surface area contributed by atoms with Crippen LogP contribution >= 0.6 is 19.2 Å². The van der Waals surface area contributed by atoms with E-state index in [9.17, 15) is 9.36 Å². The second kappa shape index (κ2) is 13.1. The number of ether oxygens (including phenoxy) is 2. The lowest BCUT2D eigenvalue weighted by Crippen LogP contribution is -2.15. The number of benzene rings is 3. The molecule has 0 bridgehead atoms. The fourth-order valence-corrected chi connectivity index (χ4v) is 4.68. The second-order valence-electron chi connectivity index (χ2n) is 6.90. The minimum absolute atomic E-state index is 0.0856. The van der Waals surface area contributed by atoms with Crippen LogP contribution in [0.4, 0.5) is 0 Å². The van der Waals surface area contributed by atoms with Crippen molar-refractivity contribution in [3.05, 3.63) is 89.4 Å². The molecular weight excluding hydrogens is 493 g/mol. The number of rotatable bonds is 12. The molecule has 0 atom stereocenters. The monoisotopic (exact) mass is 517 g/mol. The number of carbonyl (C=O) groups excluding carboxylic acids is 1. The van der Waals surface area contributed by atoms with Crippen LogP contribution in [-0.4, -0.2) is 31.2 Å². The normalized spacial score (nSPS) is 11.7.